The van der Waals surface area contributed by atoms with Crippen molar-refractivity contribution in [3.63, 3.8) is 0 Å². The van der Waals surface area contributed by atoms with Gasteiger partial charge in [-0.1, -0.05) is 23.7 Å². The van der Waals surface area contributed by atoms with Crippen LogP contribution in [0.15, 0.2) is 42.5 Å². The van der Waals surface area contributed by atoms with E-state index >= 15 is 0 Å². The van der Waals surface area contributed by atoms with E-state index in [0.29, 0.717) is 22.3 Å². The van der Waals surface area contributed by atoms with E-state index in [9.17, 15) is 14.4 Å². The molecule has 0 unspecified atom stereocenters. The van der Waals surface area contributed by atoms with Gasteiger partial charge in [0.25, 0.3) is 5.91 Å². The number of amides is 3. The molecule has 0 aliphatic carbocycles. The molecule has 1 heterocycles. The molecule has 1 aromatic heterocycles. The minimum atomic E-state index is -1.03. The van der Waals surface area contributed by atoms with Gasteiger partial charge in [0.1, 0.15) is 17.4 Å². The summed E-state index contributed by atoms with van der Waals surface area (Å²) in [5.41, 5.74) is 6.53. The van der Waals surface area contributed by atoms with Crippen LogP contribution in [0.1, 0.15) is 32.2 Å². The number of nitrogens with zero attached hydrogens (tertiary/aromatic N) is 1. The molecule has 0 atom stereocenters. The van der Waals surface area contributed by atoms with E-state index in [-0.39, 0.29) is 23.5 Å². The number of imidazole rings is 1. The zero-order valence-electron chi connectivity index (χ0n) is 16.2. The highest BCUT2D eigenvalue weighted by atomic mass is 35.5. The predicted molar refractivity (Wildman–Crippen MR) is 114 cm³/mol. The Morgan fingerprint density at radius 1 is 1.16 bits per heavy atom. The number of rotatable bonds is 7. The lowest BCUT2D eigenvalue weighted by molar-refractivity contribution is 0.0696. The number of ether oxygens (including phenoxy) is 1. The Morgan fingerprint density at radius 3 is 2.45 bits per heavy atom. The lowest BCUT2D eigenvalue weighted by Crippen LogP contribution is -2.22. The third kappa shape index (κ3) is 5.31. The zero-order valence-corrected chi connectivity index (χ0v) is 17.0. The Labute approximate surface area is 181 Å². The average molecular weight is 444 g/mol. The molecule has 0 spiro atoms. The Kier molecular flexibility index (Phi) is 6.41. The number of H-pyrrole nitrogens is 1. The van der Waals surface area contributed by atoms with Gasteiger partial charge in [0.15, 0.2) is 5.69 Å². The summed E-state index contributed by atoms with van der Waals surface area (Å²) in [7, 11) is 1.47. The lowest BCUT2D eigenvalue weighted by Gasteiger charge is -2.09. The normalized spacial score (nSPS) is 10.4. The molecule has 3 rings (SSSR count). The molecule has 11 heteroatoms. The molecule has 2 aromatic carbocycles. The van der Waals surface area contributed by atoms with Crippen molar-refractivity contribution >= 4 is 41.0 Å². The molecule has 0 radical (unpaired) electrons. The first kappa shape index (κ1) is 21.7. The SMILES string of the molecule is COc1ccc(NC(=O)Nc2[nH]c(Cc3ccc(C(=O)O)cc3)nc2C(N)=O)cc1Cl. The monoisotopic (exact) mass is 443 g/mol. The Hall–Kier alpha value is -4.05. The van der Waals surface area contributed by atoms with Crippen molar-refractivity contribution in [3.05, 3.63) is 70.1 Å². The van der Waals surface area contributed by atoms with Crippen LogP contribution in [0.4, 0.5) is 16.3 Å². The van der Waals surface area contributed by atoms with Crippen molar-refractivity contribution in [1.29, 1.82) is 0 Å². The van der Waals surface area contributed by atoms with Gasteiger partial charge in [-0.2, -0.15) is 0 Å². The molecule has 3 amide bonds. The van der Waals surface area contributed by atoms with Crippen molar-refractivity contribution in [2.45, 2.75) is 6.42 Å². The summed E-state index contributed by atoms with van der Waals surface area (Å²) >= 11 is 6.04. The number of halogens is 1. The number of urea groups is 1. The largest absolute Gasteiger partial charge is 0.495 e. The molecule has 0 aliphatic heterocycles. The van der Waals surface area contributed by atoms with Gasteiger partial charge < -0.3 is 25.9 Å². The minimum absolute atomic E-state index is 0.0294. The number of aromatic nitrogens is 2. The van der Waals surface area contributed by atoms with Gasteiger partial charge in [0, 0.05) is 12.1 Å². The van der Waals surface area contributed by atoms with E-state index in [1.807, 2.05) is 0 Å². The van der Waals surface area contributed by atoms with Crippen LogP contribution in [0.25, 0.3) is 0 Å². The highest BCUT2D eigenvalue weighted by Gasteiger charge is 2.18. The first-order valence-corrected chi connectivity index (χ1v) is 9.27. The maximum absolute atomic E-state index is 12.3. The maximum atomic E-state index is 12.3. The average Bonchev–Trinajstić information content (AvgIpc) is 3.10. The van der Waals surface area contributed by atoms with E-state index in [1.54, 1.807) is 24.3 Å². The summed E-state index contributed by atoms with van der Waals surface area (Å²) < 4.78 is 5.06. The summed E-state index contributed by atoms with van der Waals surface area (Å²) in [5, 5.41) is 14.4. The van der Waals surface area contributed by atoms with Crippen LogP contribution in [0.2, 0.25) is 5.02 Å². The molecule has 0 aliphatic rings. The van der Waals surface area contributed by atoms with Crippen LogP contribution in [-0.4, -0.2) is 40.1 Å². The van der Waals surface area contributed by atoms with Crippen LogP contribution in [0.5, 0.6) is 5.75 Å². The van der Waals surface area contributed by atoms with E-state index in [0.717, 1.165) is 5.56 Å². The molecule has 6 N–H and O–H groups in total. The van der Waals surface area contributed by atoms with Crippen LogP contribution in [0, 0.1) is 0 Å². The number of benzene rings is 2. The molecular weight excluding hydrogens is 426 g/mol. The number of nitrogens with one attached hydrogen (secondary N) is 3. The second-order valence-corrected chi connectivity index (χ2v) is 6.79. The number of carbonyl (C=O) groups excluding carboxylic acids is 2. The standard InChI is InChI=1S/C20H18ClN5O5/c1-31-14-7-6-12(9-13(14)21)23-20(30)26-18-16(17(22)27)24-15(25-18)8-10-2-4-11(5-3-10)19(28)29/h2-7,9H,8H2,1H3,(H2,22,27)(H,24,25)(H,28,29)(H2,23,26,30). The molecule has 0 fully saturated rings. The molecule has 3 aromatic rings. The number of methoxy groups -OCH3 is 1. The second-order valence-electron chi connectivity index (χ2n) is 6.38. The summed E-state index contributed by atoms with van der Waals surface area (Å²) in [6.45, 7) is 0. The number of carbonyl (C=O) groups is 3. The third-order valence-corrected chi connectivity index (χ3v) is 4.50. The Balaban J connectivity index is 1.74. The van der Waals surface area contributed by atoms with Gasteiger partial charge in [0.2, 0.25) is 0 Å². The number of aromatic carboxylic acids is 1. The molecule has 160 valence electrons. The molecular formula is C20H18ClN5O5. The van der Waals surface area contributed by atoms with Crippen molar-refractivity contribution in [1.82, 2.24) is 9.97 Å². The summed E-state index contributed by atoms with van der Waals surface area (Å²) in [6.07, 6.45) is 0.261. The number of hydrogen-bond acceptors (Lipinski definition) is 5. The highest BCUT2D eigenvalue weighted by Crippen LogP contribution is 2.27. The van der Waals surface area contributed by atoms with E-state index < -0.39 is 17.9 Å². The number of hydrogen-bond donors (Lipinski definition) is 5. The van der Waals surface area contributed by atoms with Gasteiger partial charge in [-0.05, 0) is 35.9 Å². The number of nitrogens with two attached hydrogens (primary N) is 1. The quantitative estimate of drug-likeness (QED) is 0.377. The first-order valence-electron chi connectivity index (χ1n) is 8.89. The number of carboxylic acids is 1. The number of aromatic amines is 1. The number of primary amides is 1. The van der Waals surface area contributed by atoms with Gasteiger partial charge in [0.05, 0.1) is 17.7 Å². The van der Waals surface area contributed by atoms with Crippen molar-refractivity contribution in [2.75, 3.05) is 17.7 Å². The molecule has 10 nitrogen and oxygen atoms in total. The van der Waals surface area contributed by atoms with Crippen LogP contribution in [-0.2, 0) is 6.42 Å². The van der Waals surface area contributed by atoms with E-state index in [1.165, 1.54) is 25.3 Å². The Morgan fingerprint density at radius 2 is 1.87 bits per heavy atom. The first-order chi connectivity index (χ1) is 14.8. The molecule has 0 saturated heterocycles. The minimum Gasteiger partial charge on any atom is -0.495 e. The van der Waals surface area contributed by atoms with E-state index in [2.05, 4.69) is 20.6 Å². The van der Waals surface area contributed by atoms with Gasteiger partial charge in [-0.15, -0.1) is 0 Å². The fraction of sp³-hybridized carbons (Fsp3) is 0.100. The molecule has 0 bridgehead atoms. The summed E-state index contributed by atoms with van der Waals surface area (Å²) in [6, 6.07) is 10.2. The highest BCUT2D eigenvalue weighted by molar-refractivity contribution is 6.32. The van der Waals surface area contributed by atoms with Gasteiger partial charge in [-0.25, -0.2) is 14.6 Å². The maximum Gasteiger partial charge on any atom is 0.335 e. The zero-order chi connectivity index (χ0) is 22.5. The number of carboxylic acid groups (broad SMARTS) is 1. The summed E-state index contributed by atoms with van der Waals surface area (Å²) in [4.78, 5) is 42.0. The predicted octanol–water partition coefficient (Wildman–Crippen LogP) is 3.10. The lowest BCUT2D eigenvalue weighted by atomic mass is 10.1. The van der Waals surface area contributed by atoms with E-state index in [4.69, 9.17) is 27.2 Å². The molecule has 31 heavy (non-hydrogen) atoms. The summed E-state index contributed by atoms with van der Waals surface area (Å²) in [5.74, 6) is -1.01. The topological polar surface area (TPSA) is 159 Å². The fourth-order valence-corrected chi connectivity index (χ4v) is 3.01. The molecule has 0 saturated carbocycles. The third-order valence-electron chi connectivity index (χ3n) is 4.21. The van der Waals surface area contributed by atoms with Gasteiger partial charge >= 0.3 is 12.0 Å². The van der Waals surface area contributed by atoms with Crippen molar-refractivity contribution in [3.8, 4) is 5.75 Å². The second kappa shape index (κ2) is 9.18. The number of anilines is 2. The van der Waals surface area contributed by atoms with Crippen LogP contribution < -0.4 is 21.1 Å². The Bertz CT molecular complexity index is 1140. The van der Waals surface area contributed by atoms with Crippen molar-refractivity contribution in [2.24, 2.45) is 5.73 Å². The van der Waals surface area contributed by atoms with Gasteiger partial charge in [-0.3, -0.25) is 10.1 Å². The van der Waals surface area contributed by atoms with Crippen LogP contribution in [0.3, 0.4) is 0 Å². The van der Waals surface area contributed by atoms with Crippen LogP contribution >= 0.6 is 11.6 Å². The fourth-order valence-electron chi connectivity index (χ4n) is 2.75. The van der Waals surface area contributed by atoms with Crippen molar-refractivity contribution < 1.29 is 24.2 Å². The smallest absolute Gasteiger partial charge is 0.335 e.